The van der Waals surface area contributed by atoms with Gasteiger partial charge in [-0.3, -0.25) is 0 Å². The average molecular weight is 642 g/mol. The highest BCUT2D eigenvalue weighted by atomic mass is 32.1. The fraction of sp³-hybridized carbons (Fsp3) is 0. The van der Waals surface area contributed by atoms with Crippen LogP contribution in [0.25, 0.3) is 97.8 Å². The molecule has 2 heterocycles. The molecule has 0 amide bonds. The van der Waals surface area contributed by atoms with Crippen molar-refractivity contribution >= 4 is 63.8 Å². The maximum absolute atomic E-state index is 5.21. The number of hydrogen-bond donors (Lipinski definition) is 0. The predicted molar refractivity (Wildman–Crippen MR) is 207 cm³/mol. The van der Waals surface area contributed by atoms with Crippen molar-refractivity contribution < 1.29 is 0 Å². The average Bonchev–Trinajstić information content (AvgIpc) is 3.55. The minimum absolute atomic E-state index is 0.655. The van der Waals surface area contributed by atoms with E-state index in [1.54, 1.807) is 0 Å². The fourth-order valence-corrected chi connectivity index (χ4v) is 8.26. The Kier molecular flexibility index (Phi) is 6.36. The number of aromatic nitrogens is 3. The van der Waals surface area contributed by atoms with Crippen molar-refractivity contribution in [1.29, 1.82) is 0 Å². The van der Waals surface area contributed by atoms with Gasteiger partial charge in [-0.15, -0.1) is 11.3 Å². The van der Waals surface area contributed by atoms with Gasteiger partial charge in [-0.25, -0.2) is 15.0 Å². The smallest absolute Gasteiger partial charge is 0.165 e. The number of hydrogen-bond acceptors (Lipinski definition) is 4. The van der Waals surface area contributed by atoms with Crippen LogP contribution < -0.4 is 0 Å². The molecule has 10 aromatic rings. The van der Waals surface area contributed by atoms with Crippen LogP contribution in [-0.2, 0) is 0 Å². The van der Waals surface area contributed by atoms with Crippen LogP contribution in [0.2, 0.25) is 0 Å². The molecule has 0 unspecified atom stereocenters. The van der Waals surface area contributed by atoms with Crippen LogP contribution in [0.4, 0.5) is 0 Å². The predicted octanol–water partition coefficient (Wildman–Crippen LogP) is 12.4. The molecule has 4 heteroatoms. The van der Waals surface area contributed by atoms with Crippen LogP contribution in [0.15, 0.2) is 164 Å². The summed E-state index contributed by atoms with van der Waals surface area (Å²) >= 11 is 1.82. The van der Waals surface area contributed by atoms with Crippen LogP contribution >= 0.6 is 11.3 Å². The van der Waals surface area contributed by atoms with Gasteiger partial charge < -0.3 is 0 Å². The summed E-state index contributed by atoms with van der Waals surface area (Å²) in [5.74, 6) is 1.99. The van der Waals surface area contributed by atoms with Gasteiger partial charge in [0.2, 0.25) is 0 Å². The van der Waals surface area contributed by atoms with E-state index in [0.717, 1.165) is 22.3 Å². The van der Waals surface area contributed by atoms with E-state index in [1.807, 2.05) is 29.5 Å². The highest BCUT2D eigenvalue weighted by molar-refractivity contribution is 7.26. The summed E-state index contributed by atoms with van der Waals surface area (Å²) in [6.07, 6.45) is 0. The molecule has 0 saturated heterocycles. The zero-order chi connectivity index (χ0) is 32.3. The Balaban J connectivity index is 1.18. The Labute approximate surface area is 286 Å². The SMILES string of the molecule is c1ccc(-c2nc(-c3ccc(-c4ccc5ccccc5c4)cc3)nc(-c3cc4ccccc4c4c3sc3cc5ccccc5cc34)n2)cc1. The second-order valence-corrected chi connectivity index (χ2v) is 13.5. The van der Waals surface area contributed by atoms with Gasteiger partial charge in [0.1, 0.15) is 0 Å². The maximum atomic E-state index is 5.21. The lowest BCUT2D eigenvalue weighted by Gasteiger charge is -2.11. The van der Waals surface area contributed by atoms with Gasteiger partial charge in [-0.1, -0.05) is 140 Å². The zero-order valence-electron chi connectivity index (χ0n) is 26.3. The summed E-state index contributed by atoms with van der Waals surface area (Å²) in [6.45, 7) is 0. The van der Waals surface area contributed by atoms with Crippen LogP contribution in [0, 0.1) is 0 Å². The molecule has 3 nitrogen and oxygen atoms in total. The Bertz CT molecular complexity index is 2870. The number of fused-ring (bicyclic) bond motifs is 7. The van der Waals surface area contributed by atoms with Crippen LogP contribution in [0.5, 0.6) is 0 Å². The van der Waals surface area contributed by atoms with E-state index in [9.17, 15) is 0 Å². The van der Waals surface area contributed by atoms with E-state index in [2.05, 4.69) is 146 Å². The Morgan fingerprint density at radius 3 is 1.65 bits per heavy atom. The third-order valence-electron chi connectivity index (χ3n) is 9.47. The summed E-state index contributed by atoms with van der Waals surface area (Å²) in [4.78, 5) is 15.4. The molecule has 0 spiro atoms. The maximum Gasteiger partial charge on any atom is 0.165 e. The molecule has 0 fully saturated rings. The standard InChI is InChI=1S/C45H27N3S/c1-2-11-30(12-3-1)43-46-44(31-21-18-29(19-22-31)35-23-20-28-10-4-5-13-32(28)24-35)48-45(47-43)39-26-36-16-8-9-17-37(36)41-38-25-33-14-6-7-15-34(33)27-40(38)49-42(39)41/h1-27H. The first kappa shape index (κ1) is 27.8. The molecule has 0 saturated carbocycles. The Hall–Kier alpha value is -6.23. The van der Waals surface area contributed by atoms with E-state index in [0.29, 0.717) is 17.5 Å². The minimum Gasteiger partial charge on any atom is -0.208 e. The first-order chi connectivity index (χ1) is 24.2. The summed E-state index contributed by atoms with van der Waals surface area (Å²) in [5.41, 5.74) is 5.26. The number of thiophene rings is 1. The molecule has 0 radical (unpaired) electrons. The summed E-state index contributed by atoms with van der Waals surface area (Å²) in [5, 5.41) is 9.88. The second-order valence-electron chi connectivity index (χ2n) is 12.5. The number of benzene rings is 8. The van der Waals surface area contributed by atoms with Gasteiger partial charge in [0.25, 0.3) is 0 Å². The van der Waals surface area contributed by atoms with E-state index in [4.69, 9.17) is 15.0 Å². The molecule has 0 aliphatic heterocycles. The summed E-state index contributed by atoms with van der Waals surface area (Å²) in [7, 11) is 0. The lowest BCUT2D eigenvalue weighted by molar-refractivity contribution is 1.08. The molecular formula is C45H27N3S. The van der Waals surface area contributed by atoms with Crippen molar-refractivity contribution in [3.8, 4) is 45.3 Å². The molecule has 49 heavy (non-hydrogen) atoms. The fourth-order valence-electron chi connectivity index (χ4n) is 7.00. The number of nitrogens with zero attached hydrogens (tertiary/aromatic N) is 3. The quantitative estimate of drug-likeness (QED) is 0.192. The van der Waals surface area contributed by atoms with Crippen molar-refractivity contribution in [3.63, 3.8) is 0 Å². The third-order valence-corrected chi connectivity index (χ3v) is 10.7. The molecule has 8 aromatic carbocycles. The third kappa shape index (κ3) is 4.76. The molecule has 228 valence electrons. The Morgan fingerprint density at radius 1 is 0.347 bits per heavy atom. The summed E-state index contributed by atoms with van der Waals surface area (Å²) < 4.78 is 2.44. The largest absolute Gasteiger partial charge is 0.208 e. The van der Waals surface area contributed by atoms with E-state index < -0.39 is 0 Å². The normalized spacial score (nSPS) is 11.7. The van der Waals surface area contributed by atoms with Crippen molar-refractivity contribution in [2.24, 2.45) is 0 Å². The molecule has 0 aliphatic carbocycles. The minimum atomic E-state index is 0.655. The second kappa shape index (κ2) is 11.2. The molecular weight excluding hydrogens is 615 g/mol. The van der Waals surface area contributed by atoms with Crippen molar-refractivity contribution in [1.82, 2.24) is 15.0 Å². The summed E-state index contributed by atoms with van der Waals surface area (Å²) in [6, 6.07) is 58.0. The molecule has 10 rings (SSSR count). The molecule has 0 bridgehead atoms. The molecule has 0 N–H and O–H groups in total. The van der Waals surface area contributed by atoms with Gasteiger partial charge in [-0.2, -0.15) is 0 Å². The molecule has 2 aromatic heterocycles. The monoisotopic (exact) mass is 641 g/mol. The van der Waals surface area contributed by atoms with E-state index >= 15 is 0 Å². The van der Waals surface area contributed by atoms with Gasteiger partial charge in [0.05, 0.1) is 0 Å². The van der Waals surface area contributed by atoms with Gasteiger partial charge in [0.15, 0.2) is 17.5 Å². The van der Waals surface area contributed by atoms with Crippen molar-refractivity contribution in [2.75, 3.05) is 0 Å². The lowest BCUT2D eigenvalue weighted by atomic mass is 9.98. The first-order valence-corrected chi connectivity index (χ1v) is 17.3. The topological polar surface area (TPSA) is 38.7 Å². The zero-order valence-corrected chi connectivity index (χ0v) is 27.2. The lowest BCUT2D eigenvalue weighted by Crippen LogP contribution is -2.00. The van der Waals surface area contributed by atoms with E-state index in [-0.39, 0.29) is 0 Å². The van der Waals surface area contributed by atoms with Crippen molar-refractivity contribution in [3.05, 3.63) is 164 Å². The highest BCUT2D eigenvalue weighted by Crippen LogP contribution is 2.45. The first-order valence-electron chi connectivity index (χ1n) is 16.4. The van der Waals surface area contributed by atoms with Gasteiger partial charge in [0, 0.05) is 36.9 Å². The molecule has 0 aliphatic rings. The molecule has 0 atom stereocenters. The van der Waals surface area contributed by atoms with Crippen LogP contribution in [0.1, 0.15) is 0 Å². The van der Waals surface area contributed by atoms with E-state index in [1.165, 1.54) is 58.1 Å². The Morgan fingerprint density at radius 2 is 0.898 bits per heavy atom. The van der Waals surface area contributed by atoms with Crippen LogP contribution in [-0.4, -0.2) is 15.0 Å². The van der Waals surface area contributed by atoms with Crippen LogP contribution in [0.3, 0.4) is 0 Å². The highest BCUT2D eigenvalue weighted by Gasteiger charge is 2.19. The van der Waals surface area contributed by atoms with Gasteiger partial charge in [-0.05, 0) is 67.7 Å². The van der Waals surface area contributed by atoms with Gasteiger partial charge >= 0.3 is 0 Å². The van der Waals surface area contributed by atoms with Crippen molar-refractivity contribution in [2.45, 2.75) is 0 Å². The number of rotatable bonds is 4.